The van der Waals surface area contributed by atoms with Crippen molar-refractivity contribution < 1.29 is 23.8 Å². The highest BCUT2D eigenvalue weighted by Gasteiger charge is 2.46. The van der Waals surface area contributed by atoms with Crippen LogP contribution in [0.1, 0.15) is 27.2 Å². The topological polar surface area (TPSA) is 106 Å². The number of hydrogen-bond donors (Lipinski definition) is 1. The number of amides is 1. The van der Waals surface area contributed by atoms with E-state index in [0.29, 0.717) is 22.9 Å². The Bertz CT molecular complexity index is 1130. The Morgan fingerprint density at radius 3 is 2.70 bits per heavy atom. The predicted octanol–water partition coefficient (Wildman–Crippen LogP) is 3.79. The summed E-state index contributed by atoms with van der Waals surface area (Å²) in [5, 5.41) is 19.5. The minimum absolute atomic E-state index is 0.0237. The molecule has 1 amide bonds. The maximum absolute atomic E-state index is 13.1. The number of carbonyl (C=O) groups excluding carboxylic acids is 2. The molecule has 3 heterocycles. The van der Waals surface area contributed by atoms with Crippen LogP contribution in [-0.2, 0) is 4.79 Å². The molecule has 0 fully saturated rings. The molecular weight excluding hydrogens is 406 g/mol. The highest BCUT2D eigenvalue weighted by molar-refractivity contribution is 7.15. The van der Waals surface area contributed by atoms with Crippen LogP contribution in [0.3, 0.4) is 0 Å². The second-order valence-corrected chi connectivity index (χ2v) is 7.58. The summed E-state index contributed by atoms with van der Waals surface area (Å²) < 4.78 is 10.7. The molecule has 8 nitrogen and oxygen atoms in total. The molecule has 0 saturated heterocycles. The van der Waals surface area contributed by atoms with Gasteiger partial charge < -0.3 is 14.3 Å². The molecule has 9 heteroatoms. The number of Topliss-reactive ketones (excluding diaryl/α,β-unsaturated/α-hetero) is 1. The lowest BCUT2D eigenvalue weighted by Crippen LogP contribution is -2.31. The number of rotatable bonds is 7. The van der Waals surface area contributed by atoms with Gasteiger partial charge in [-0.3, -0.25) is 14.5 Å². The largest absolute Gasteiger partial charge is 0.503 e. The van der Waals surface area contributed by atoms with E-state index in [9.17, 15) is 14.7 Å². The zero-order valence-electron chi connectivity index (χ0n) is 15.9. The molecule has 0 radical (unpaired) electrons. The van der Waals surface area contributed by atoms with E-state index in [4.69, 9.17) is 9.15 Å². The van der Waals surface area contributed by atoms with E-state index in [-0.39, 0.29) is 16.5 Å². The Hall–Kier alpha value is -3.72. The molecule has 1 N–H and O–H groups in total. The molecule has 1 aliphatic heterocycles. The molecule has 30 heavy (non-hydrogen) atoms. The molecule has 1 atom stereocenters. The number of carbonyl (C=O) groups is 2. The molecule has 0 spiro atoms. The quantitative estimate of drug-likeness (QED) is 0.455. The monoisotopic (exact) mass is 423 g/mol. The lowest BCUT2D eigenvalue weighted by Gasteiger charge is -2.24. The van der Waals surface area contributed by atoms with Crippen molar-refractivity contribution in [3.05, 3.63) is 83.0 Å². The third kappa shape index (κ3) is 3.39. The van der Waals surface area contributed by atoms with Gasteiger partial charge in [-0.25, -0.2) is 0 Å². The third-order valence-corrected chi connectivity index (χ3v) is 5.32. The van der Waals surface area contributed by atoms with E-state index in [0.717, 1.165) is 0 Å². The number of aryl methyl sites for hydroxylation is 1. The van der Waals surface area contributed by atoms with Gasteiger partial charge in [0.1, 0.15) is 17.4 Å². The first-order chi connectivity index (χ1) is 14.5. The first-order valence-electron chi connectivity index (χ1n) is 9.00. The zero-order valence-corrected chi connectivity index (χ0v) is 16.8. The van der Waals surface area contributed by atoms with Gasteiger partial charge in [0.05, 0.1) is 17.9 Å². The van der Waals surface area contributed by atoms with Gasteiger partial charge in [0.15, 0.2) is 11.5 Å². The highest BCUT2D eigenvalue weighted by atomic mass is 32.1. The molecule has 1 aliphatic rings. The van der Waals surface area contributed by atoms with E-state index < -0.39 is 23.5 Å². The van der Waals surface area contributed by atoms with Gasteiger partial charge in [-0.2, -0.15) is 0 Å². The summed E-state index contributed by atoms with van der Waals surface area (Å²) in [6, 6.07) is 9.05. The molecule has 152 valence electrons. The number of hydrogen-bond acceptors (Lipinski definition) is 8. The van der Waals surface area contributed by atoms with Crippen LogP contribution in [0.15, 0.2) is 71.1 Å². The zero-order chi connectivity index (χ0) is 21.3. The van der Waals surface area contributed by atoms with E-state index in [1.165, 1.54) is 28.6 Å². The van der Waals surface area contributed by atoms with Crippen molar-refractivity contribution in [1.82, 2.24) is 10.2 Å². The molecule has 1 aromatic carbocycles. The number of anilines is 1. The summed E-state index contributed by atoms with van der Waals surface area (Å²) in [6.45, 7) is 5.71. The lowest BCUT2D eigenvalue weighted by atomic mass is 9.95. The highest BCUT2D eigenvalue weighted by Crippen LogP contribution is 2.43. The Kier molecular flexibility index (Phi) is 5.20. The average Bonchev–Trinajstić information content (AvgIpc) is 3.48. The van der Waals surface area contributed by atoms with Crippen molar-refractivity contribution in [1.29, 1.82) is 0 Å². The fraction of sp³-hybridized carbons (Fsp3) is 0.143. The number of benzene rings is 1. The molecule has 4 rings (SSSR count). The van der Waals surface area contributed by atoms with Gasteiger partial charge in [-0.1, -0.05) is 36.1 Å². The van der Waals surface area contributed by atoms with Gasteiger partial charge >= 0.3 is 0 Å². The minimum Gasteiger partial charge on any atom is -0.503 e. The normalized spacial score (nSPS) is 16.2. The number of ether oxygens (including phenoxy) is 1. The molecule has 0 unspecified atom stereocenters. The third-order valence-electron chi connectivity index (χ3n) is 4.48. The molecular formula is C21H17N3O5S. The van der Waals surface area contributed by atoms with Crippen LogP contribution < -0.4 is 9.64 Å². The summed E-state index contributed by atoms with van der Waals surface area (Å²) >= 11 is 1.19. The van der Waals surface area contributed by atoms with Crippen LogP contribution >= 0.6 is 11.3 Å². The van der Waals surface area contributed by atoms with E-state index in [1.807, 2.05) is 0 Å². The fourth-order valence-electron chi connectivity index (χ4n) is 3.18. The average molecular weight is 423 g/mol. The van der Waals surface area contributed by atoms with Crippen LogP contribution in [0, 0.1) is 6.92 Å². The maximum atomic E-state index is 13.1. The summed E-state index contributed by atoms with van der Waals surface area (Å²) in [4.78, 5) is 27.3. The first kappa shape index (κ1) is 19.6. The van der Waals surface area contributed by atoms with Crippen LogP contribution in [0.5, 0.6) is 5.75 Å². The Morgan fingerprint density at radius 1 is 1.33 bits per heavy atom. The smallest absolute Gasteiger partial charge is 0.296 e. The number of ketones is 1. The minimum atomic E-state index is -0.893. The fourth-order valence-corrected chi connectivity index (χ4v) is 3.89. The van der Waals surface area contributed by atoms with Gasteiger partial charge in [0, 0.05) is 0 Å². The summed E-state index contributed by atoms with van der Waals surface area (Å²) in [7, 11) is 0. The number of aliphatic hydroxyl groups is 1. The van der Waals surface area contributed by atoms with Crippen molar-refractivity contribution in [3.8, 4) is 5.75 Å². The lowest BCUT2D eigenvalue weighted by molar-refractivity contribution is -0.117. The van der Waals surface area contributed by atoms with Crippen molar-refractivity contribution >= 4 is 28.2 Å². The van der Waals surface area contributed by atoms with Crippen molar-refractivity contribution in [2.24, 2.45) is 0 Å². The number of aliphatic hydroxyl groups excluding tert-OH is 1. The van der Waals surface area contributed by atoms with E-state index in [2.05, 4.69) is 16.8 Å². The standard InChI is InChI=1S/C21H17N3O5S/c1-3-10-28-14-8-6-13(7-9-14)17-16(18(25)15-5-4-11-29-15)19(26)20(27)24(17)21-23-22-12(2)30-21/h3-9,11,17,26H,1,10H2,2H3/t17-/m0/s1. The van der Waals surface area contributed by atoms with Crippen molar-refractivity contribution in [2.45, 2.75) is 13.0 Å². The molecule has 3 aromatic rings. The Balaban J connectivity index is 1.80. The van der Waals surface area contributed by atoms with Gasteiger partial charge in [-0.15, -0.1) is 10.2 Å². The molecule has 0 bridgehead atoms. The summed E-state index contributed by atoms with van der Waals surface area (Å²) in [5.74, 6) is -1.31. The SMILES string of the molecule is C=CCOc1ccc([C@H]2C(C(=O)c3ccco3)=C(O)C(=O)N2c2nnc(C)s2)cc1. The van der Waals surface area contributed by atoms with Crippen LogP contribution in [0.2, 0.25) is 0 Å². The van der Waals surface area contributed by atoms with Crippen LogP contribution in [0.4, 0.5) is 5.13 Å². The van der Waals surface area contributed by atoms with Crippen LogP contribution in [-0.4, -0.2) is 33.6 Å². The van der Waals surface area contributed by atoms with E-state index in [1.54, 1.807) is 43.3 Å². The van der Waals surface area contributed by atoms with Crippen molar-refractivity contribution in [3.63, 3.8) is 0 Å². The molecule has 0 saturated carbocycles. The van der Waals surface area contributed by atoms with Gasteiger partial charge in [0.2, 0.25) is 10.9 Å². The summed E-state index contributed by atoms with van der Waals surface area (Å²) in [5.41, 5.74) is 0.517. The van der Waals surface area contributed by atoms with Crippen molar-refractivity contribution in [2.75, 3.05) is 11.5 Å². The number of aromatic nitrogens is 2. The number of nitrogens with zero attached hydrogens (tertiary/aromatic N) is 3. The summed E-state index contributed by atoms with van der Waals surface area (Å²) in [6.07, 6.45) is 2.98. The predicted molar refractivity (Wildman–Crippen MR) is 110 cm³/mol. The van der Waals surface area contributed by atoms with Crippen LogP contribution in [0.25, 0.3) is 0 Å². The maximum Gasteiger partial charge on any atom is 0.296 e. The second kappa shape index (κ2) is 7.96. The Morgan fingerprint density at radius 2 is 2.10 bits per heavy atom. The number of furan rings is 1. The van der Waals surface area contributed by atoms with Gasteiger partial charge in [-0.05, 0) is 36.8 Å². The molecule has 0 aliphatic carbocycles. The first-order valence-corrected chi connectivity index (χ1v) is 9.81. The molecule has 2 aromatic heterocycles. The Labute approximate surface area is 175 Å². The van der Waals surface area contributed by atoms with Gasteiger partial charge in [0.25, 0.3) is 5.91 Å². The second-order valence-electron chi connectivity index (χ2n) is 6.42. The van der Waals surface area contributed by atoms with E-state index >= 15 is 0 Å².